The summed E-state index contributed by atoms with van der Waals surface area (Å²) in [5.74, 6) is 0.492. The number of halogens is 1. The van der Waals surface area contributed by atoms with Crippen molar-refractivity contribution >= 4 is 49.9 Å². The van der Waals surface area contributed by atoms with Crippen molar-refractivity contribution in [2.24, 2.45) is 0 Å². The number of hydrogen-bond acceptors (Lipinski definition) is 7. The SMILES string of the molecule is C[C@H](Nc1nc(N)ncc1-c1cccc(N(C)S(C)(=O)=O)c1)c1cc2cccc(Cl)c2c(=O)n1-c1ccccc1. The zero-order chi connectivity index (χ0) is 28.6. The van der Waals surface area contributed by atoms with Gasteiger partial charge in [0.1, 0.15) is 5.82 Å². The van der Waals surface area contributed by atoms with E-state index in [4.69, 9.17) is 17.3 Å². The van der Waals surface area contributed by atoms with Gasteiger partial charge in [-0.1, -0.05) is 54.1 Å². The highest BCUT2D eigenvalue weighted by molar-refractivity contribution is 7.92. The Morgan fingerprint density at radius 1 is 1.02 bits per heavy atom. The van der Waals surface area contributed by atoms with Crippen LogP contribution in [0.2, 0.25) is 5.02 Å². The summed E-state index contributed by atoms with van der Waals surface area (Å²) in [6.07, 6.45) is 2.73. The van der Waals surface area contributed by atoms with Crippen LogP contribution in [0.15, 0.2) is 89.9 Å². The molecule has 11 heteroatoms. The Morgan fingerprint density at radius 2 is 1.75 bits per heavy atom. The smallest absolute Gasteiger partial charge is 0.264 e. The van der Waals surface area contributed by atoms with Crippen LogP contribution in [0.3, 0.4) is 0 Å². The third-order valence-electron chi connectivity index (χ3n) is 6.66. The van der Waals surface area contributed by atoms with Gasteiger partial charge in [0.15, 0.2) is 0 Å². The lowest BCUT2D eigenvalue weighted by Gasteiger charge is -2.23. The van der Waals surface area contributed by atoms with Gasteiger partial charge in [-0.15, -0.1) is 0 Å². The van der Waals surface area contributed by atoms with Crippen LogP contribution in [0.25, 0.3) is 27.6 Å². The number of pyridine rings is 1. The molecule has 0 bridgehead atoms. The maximum Gasteiger partial charge on any atom is 0.264 e. The van der Waals surface area contributed by atoms with Crippen LogP contribution >= 0.6 is 11.6 Å². The van der Waals surface area contributed by atoms with E-state index in [2.05, 4.69) is 15.3 Å². The number of hydrogen-bond donors (Lipinski definition) is 2. The third kappa shape index (κ3) is 5.23. The Balaban J connectivity index is 1.63. The van der Waals surface area contributed by atoms with Gasteiger partial charge in [0, 0.05) is 30.2 Å². The molecule has 2 aromatic heterocycles. The predicted octanol–water partition coefficient (Wildman–Crippen LogP) is 5.25. The molecule has 0 unspecified atom stereocenters. The Morgan fingerprint density at radius 3 is 2.48 bits per heavy atom. The maximum absolute atomic E-state index is 13.8. The molecule has 9 nitrogen and oxygen atoms in total. The number of nitrogen functional groups attached to an aromatic ring is 1. The summed E-state index contributed by atoms with van der Waals surface area (Å²) in [6, 6.07) is 23.2. The van der Waals surface area contributed by atoms with Crippen LogP contribution in [0.5, 0.6) is 0 Å². The first-order valence-electron chi connectivity index (χ1n) is 12.4. The molecule has 0 saturated carbocycles. The van der Waals surface area contributed by atoms with Gasteiger partial charge in [0.2, 0.25) is 16.0 Å². The number of rotatable bonds is 7. The molecule has 5 rings (SSSR count). The molecule has 0 aliphatic rings. The molecule has 0 saturated heterocycles. The Labute approximate surface area is 236 Å². The summed E-state index contributed by atoms with van der Waals surface area (Å²) < 4.78 is 27.1. The van der Waals surface area contributed by atoms with Crippen LogP contribution in [-0.2, 0) is 10.0 Å². The minimum Gasteiger partial charge on any atom is -0.368 e. The predicted molar refractivity (Wildman–Crippen MR) is 162 cm³/mol. The molecular formula is C29H27ClN6O3S. The highest BCUT2D eigenvalue weighted by Gasteiger charge is 2.20. The topological polar surface area (TPSA) is 123 Å². The number of nitrogens with one attached hydrogen (secondary N) is 1. The minimum absolute atomic E-state index is 0.0635. The van der Waals surface area contributed by atoms with Gasteiger partial charge in [-0.25, -0.2) is 13.4 Å². The number of para-hydroxylation sites is 1. The average molecular weight is 575 g/mol. The minimum atomic E-state index is -3.46. The second kappa shape index (κ2) is 10.6. The number of sulfonamides is 1. The summed E-state index contributed by atoms with van der Waals surface area (Å²) >= 11 is 6.45. The molecule has 40 heavy (non-hydrogen) atoms. The summed E-state index contributed by atoms with van der Waals surface area (Å²) in [5, 5.41) is 4.93. The van der Waals surface area contributed by atoms with E-state index in [1.165, 1.54) is 11.4 Å². The van der Waals surface area contributed by atoms with Crippen molar-refractivity contribution in [2.45, 2.75) is 13.0 Å². The summed E-state index contributed by atoms with van der Waals surface area (Å²) in [6.45, 7) is 1.92. The number of nitrogens with two attached hydrogens (primary N) is 1. The molecular weight excluding hydrogens is 548 g/mol. The normalized spacial score (nSPS) is 12.3. The van der Waals surface area contributed by atoms with E-state index in [-0.39, 0.29) is 11.5 Å². The van der Waals surface area contributed by atoms with Crippen LogP contribution < -0.4 is 20.9 Å². The van der Waals surface area contributed by atoms with Gasteiger partial charge >= 0.3 is 0 Å². The first kappa shape index (κ1) is 27.2. The van der Waals surface area contributed by atoms with Gasteiger partial charge in [-0.2, -0.15) is 4.98 Å². The van der Waals surface area contributed by atoms with E-state index in [1.807, 2.05) is 61.5 Å². The lowest BCUT2D eigenvalue weighted by atomic mass is 10.1. The van der Waals surface area contributed by atoms with Crippen molar-refractivity contribution in [3.8, 4) is 16.8 Å². The van der Waals surface area contributed by atoms with Crippen molar-refractivity contribution < 1.29 is 8.42 Å². The molecule has 0 aliphatic carbocycles. The van der Waals surface area contributed by atoms with E-state index < -0.39 is 16.1 Å². The van der Waals surface area contributed by atoms with E-state index in [1.54, 1.807) is 35.0 Å². The quantitative estimate of drug-likeness (QED) is 0.272. The molecule has 1 atom stereocenters. The zero-order valence-electron chi connectivity index (χ0n) is 22.0. The third-order valence-corrected chi connectivity index (χ3v) is 8.18. The van der Waals surface area contributed by atoms with Crippen molar-refractivity contribution in [2.75, 3.05) is 28.7 Å². The van der Waals surface area contributed by atoms with Crippen molar-refractivity contribution in [3.63, 3.8) is 0 Å². The summed E-state index contributed by atoms with van der Waals surface area (Å²) in [7, 11) is -1.97. The molecule has 2 heterocycles. The van der Waals surface area contributed by atoms with Crippen molar-refractivity contribution in [1.29, 1.82) is 0 Å². The number of fused-ring (bicyclic) bond motifs is 1. The van der Waals surface area contributed by atoms with Gasteiger partial charge in [-0.3, -0.25) is 13.7 Å². The monoisotopic (exact) mass is 574 g/mol. The van der Waals surface area contributed by atoms with Crippen LogP contribution in [0.1, 0.15) is 18.7 Å². The highest BCUT2D eigenvalue weighted by Crippen LogP contribution is 2.33. The molecule has 5 aromatic rings. The average Bonchev–Trinajstić information content (AvgIpc) is 2.92. The van der Waals surface area contributed by atoms with Gasteiger partial charge in [0.25, 0.3) is 5.56 Å². The fourth-order valence-corrected chi connectivity index (χ4v) is 5.32. The summed E-state index contributed by atoms with van der Waals surface area (Å²) in [4.78, 5) is 22.4. The maximum atomic E-state index is 13.8. The largest absolute Gasteiger partial charge is 0.368 e. The van der Waals surface area contributed by atoms with Crippen molar-refractivity contribution in [1.82, 2.24) is 14.5 Å². The molecule has 0 amide bonds. The second-order valence-electron chi connectivity index (χ2n) is 9.39. The standard InChI is InChI=1S/C29H27ClN6O3S/c1-18(25-16-20-10-8-14-24(30)26(20)28(37)36(25)21-11-5-4-6-12-21)33-27-23(17-32-29(31)34-27)19-9-7-13-22(15-19)35(2)40(3,38)39/h4-18H,1-3H3,(H3,31,32,33,34)/t18-/m0/s1. The first-order chi connectivity index (χ1) is 19.0. The number of anilines is 3. The van der Waals surface area contributed by atoms with Crippen LogP contribution in [-0.4, -0.2) is 36.3 Å². The fraction of sp³-hybridized carbons (Fsp3) is 0.138. The Bertz CT molecular complexity index is 1890. The highest BCUT2D eigenvalue weighted by atomic mass is 35.5. The molecule has 0 fully saturated rings. The number of nitrogens with zero attached hydrogens (tertiary/aromatic N) is 4. The molecule has 3 aromatic carbocycles. The fourth-order valence-electron chi connectivity index (χ4n) is 4.56. The molecule has 0 aliphatic heterocycles. The molecule has 0 spiro atoms. The molecule has 3 N–H and O–H groups in total. The Hall–Kier alpha value is -4.41. The molecule has 204 valence electrons. The van der Waals surface area contributed by atoms with E-state index >= 15 is 0 Å². The zero-order valence-corrected chi connectivity index (χ0v) is 23.6. The lowest BCUT2D eigenvalue weighted by Crippen LogP contribution is -2.26. The van der Waals surface area contributed by atoms with E-state index in [9.17, 15) is 13.2 Å². The number of benzene rings is 3. The van der Waals surface area contributed by atoms with E-state index in [0.717, 1.165) is 6.26 Å². The van der Waals surface area contributed by atoms with Crippen LogP contribution in [0.4, 0.5) is 17.5 Å². The molecule has 0 radical (unpaired) electrons. The van der Waals surface area contributed by atoms with Gasteiger partial charge in [0.05, 0.1) is 28.4 Å². The van der Waals surface area contributed by atoms with Crippen molar-refractivity contribution in [3.05, 3.63) is 106 Å². The van der Waals surface area contributed by atoms with Crippen LogP contribution in [0, 0.1) is 0 Å². The van der Waals surface area contributed by atoms with E-state index in [0.29, 0.717) is 49.8 Å². The number of aromatic nitrogens is 3. The first-order valence-corrected chi connectivity index (χ1v) is 14.6. The van der Waals surface area contributed by atoms with Gasteiger partial charge < -0.3 is 11.1 Å². The lowest BCUT2D eigenvalue weighted by molar-refractivity contribution is 0.600. The van der Waals surface area contributed by atoms with Gasteiger partial charge in [-0.05, 0) is 54.3 Å². The Kier molecular flexibility index (Phi) is 7.22. The summed E-state index contributed by atoms with van der Waals surface area (Å²) in [5.41, 5.74) is 8.89. The second-order valence-corrected chi connectivity index (χ2v) is 11.8.